The first-order chi connectivity index (χ1) is 11.7. The van der Waals surface area contributed by atoms with Crippen molar-refractivity contribution in [3.63, 3.8) is 0 Å². The Morgan fingerprint density at radius 1 is 1.29 bits per heavy atom. The maximum absolute atomic E-state index is 12.2. The van der Waals surface area contributed by atoms with Gasteiger partial charge in [-0.3, -0.25) is 9.59 Å². The number of hydrogen-bond acceptors (Lipinski definition) is 4. The van der Waals surface area contributed by atoms with Crippen LogP contribution in [-0.4, -0.2) is 60.9 Å². The summed E-state index contributed by atoms with van der Waals surface area (Å²) in [7, 11) is 0. The SMILES string of the molecule is CCN(CC)CCCNC(=O)C1CCN(C(=O)c2ccco2)CC1. The second-order valence-corrected chi connectivity index (χ2v) is 6.22. The molecule has 0 radical (unpaired) electrons. The van der Waals surface area contributed by atoms with Crippen LogP contribution >= 0.6 is 0 Å². The van der Waals surface area contributed by atoms with Gasteiger partial charge in [-0.1, -0.05) is 13.8 Å². The van der Waals surface area contributed by atoms with Crippen molar-refractivity contribution in [1.82, 2.24) is 15.1 Å². The van der Waals surface area contributed by atoms with Gasteiger partial charge in [-0.2, -0.15) is 0 Å². The molecule has 0 aromatic carbocycles. The van der Waals surface area contributed by atoms with E-state index in [4.69, 9.17) is 4.42 Å². The third-order valence-corrected chi connectivity index (χ3v) is 4.73. The number of likely N-dealkylation sites (tertiary alicyclic amines) is 1. The van der Waals surface area contributed by atoms with E-state index in [2.05, 4.69) is 24.1 Å². The van der Waals surface area contributed by atoms with Gasteiger partial charge in [0.1, 0.15) is 0 Å². The number of carbonyl (C=O) groups is 2. The fourth-order valence-electron chi connectivity index (χ4n) is 3.10. The summed E-state index contributed by atoms with van der Waals surface area (Å²) in [5.74, 6) is 0.422. The second-order valence-electron chi connectivity index (χ2n) is 6.22. The summed E-state index contributed by atoms with van der Waals surface area (Å²) >= 11 is 0. The molecule has 6 heteroatoms. The first-order valence-corrected chi connectivity index (χ1v) is 8.98. The minimum absolute atomic E-state index is 0.0131. The van der Waals surface area contributed by atoms with E-state index >= 15 is 0 Å². The molecule has 2 rings (SSSR count). The summed E-state index contributed by atoms with van der Waals surface area (Å²) in [5, 5.41) is 3.04. The van der Waals surface area contributed by atoms with Crippen molar-refractivity contribution >= 4 is 11.8 Å². The normalized spacial score (nSPS) is 15.7. The number of carbonyl (C=O) groups excluding carboxylic acids is 2. The molecule has 1 aromatic rings. The van der Waals surface area contributed by atoms with Crippen molar-refractivity contribution in [2.75, 3.05) is 39.3 Å². The maximum atomic E-state index is 12.2. The van der Waals surface area contributed by atoms with Crippen molar-refractivity contribution in [1.29, 1.82) is 0 Å². The largest absolute Gasteiger partial charge is 0.459 e. The van der Waals surface area contributed by atoms with Crippen LogP contribution in [0, 0.1) is 5.92 Å². The van der Waals surface area contributed by atoms with E-state index in [1.807, 2.05) is 0 Å². The van der Waals surface area contributed by atoms with Crippen LogP contribution in [-0.2, 0) is 4.79 Å². The van der Waals surface area contributed by atoms with E-state index in [1.165, 1.54) is 6.26 Å². The highest BCUT2D eigenvalue weighted by Crippen LogP contribution is 2.19. The summed E-state index contributed by atoms with van der Waals surface area (Å²) in [6, 6.07) is 3.39. The van der Waals surface area contributed by atoms with E-state index < -0.39 is 0 Å². The third kappa shape index (κ3) is 5.09. The lowest BCUT2D eigenvalue weighted by Crippen LogP contribution is -2.43. The van der Waals surface area contributed by atoms with Crippen molar-refractivity contribution < 1.29 is 14.0 Å². The van der Waals surface area contributed by atoms with Crippen molar-refractivity contribution in [2.45, 2.75) is 33.1 Å². The molecule has 1 N–H and O–H groups in total. The number of nitrogens with zero attached hydrogens (tertiary/aromatic N) is 2. The van der Waals surface area contributed by atoms with Crippen LogP contribution in [0.15, 0.2) is 22.8 Å². The molecule has 134 valence electrons. The van der Waals surface area contributed by atoms with E-state index in [1.54, 1.807) is 17.0 Å². The van der Waals surface area contributed by atoms with Crippen LogP contribution in [0.4, 0.5) is 0 Å². The van der Waals surface area contributed by atoms with Gasteiger partial charge in [0.25, 0.3) is 5.91 Å². The smallest absolute Gasteiger partial charge is 0.289 e. The summed E-state index contributed by atoms with van der Waals surface area (Å²) in [5.41, 5.74) is 0. The minimum atomic E-state index is -0.0851. The van der Waals surface area contributed by atoms with Crippen LogP contribution in [0.5, 0.6) is 0 Å². The number of piperidine rings is 1. The van der Waals surface area contributed by atoms with E-state index in [0.29, 0.717) is 31.7 Å². The average Bonchev–Trinajstić information content (AvgIpc) is 3.16. The molecule has 2 heterocycles. The topological polar surface area (TPSA) is 65.8 Å². The summed E-state index contributed by atoms with van der Waals surface area (Å²) in [4.78, 5) is 28.6. The van der Waals surface area contributed by atoms with Crippen LogP contribution in [0.1, 0.15) is 43.7 Å². The van der Waals surface area contributed by atoms with Crippen molar-refractivity contribution in [2.24, 2.45) is 5.92 Å². The van der Waals surface area contributed by atoms with E-state index in [-0.39, 0.29) is 17.7 Å². The van der Waals surface area contributed by atoms with Crippen LogP contribution in [0.2, 0.25) is 0 Å². The fourth-order valence-corrected chi connectivity index (χ4v) is 3.10. The van der Waals surface area contributed by atoms with Gasteiger partial charge in [0.15, 0.2) is 5.76 Å². The lowest BCUT2D eigenvalue weighted by atomic mass is 9.95. The molecule has 0 spiro atoms. The number of amides is 2. The van der Waals surface area contributed by atoms with Gasteiger partial charge in [-0.05, 0) is 51.0 Å². The Morgan fingerprint density at radius 2 is 2.00 bits per heavy atom. The Labute approximate surface area is 144 Å². The lowest BCUT2D eigenvalue weighted by Gasteiger charge is -2.30. The van der Waals surface area contributed by atoms with Gasteiger partial charge < -0.3 is 19.5 Å². The minimum Gasteiger partial charge on any atom is -0.459 e. The molecular weight excluding hydrogens is 306 g/mol. The maximum Gasteiger partial charge on any atom is 0.289 e. The Morgan fingerprint density at radius 3 is 2.58 bits per heavy atom. The molecule has 24 heavy (non-hydrogen) atoms. The number of furan rings is 1. The standard InChI is InChI=1S/C18H29N3O3/c1-3-20(4-2)11-6-10-19-17(22)15-8-12-21(13-9-15)18(23)16-7-5-14-24-16/h5,7,14-15H,3-4,6,8-13H2,1-2H3,(H,19,22). The van der Waals surface area contributed by atoms with Gasteiger partial charge >= 0.3 is 0 Å². The van der Waals surface area contributed by atoms with Crippen LogP contribution in [0.3, 0.4) is 0 Å². The quantitative estimate of drug-likeness (QED) is 0.738. The fraction of sp³-hybridized carbons (Fsp3) is 0.667. The molecule has 1 aliphatic heterocycles. The molecule has 0 atom stereocenters. The molecule has 0 unspecified atom stereocenters. The highest BCUT2D eigenvalue weighted by Gasteiger charge is 2.28. The first kappa shape index (κ1) is 18.5. The second kappa shape index (κ2) is 9.47. The molecule has 0 bridgehead atoms. The number of nitrogens with one attached hydrogen (secondary N) is 1. The van der Waals surface area contributed by atoms with Gasteiger partial charge in [0, 0.05) is 25.6 Å². The monoisotopic (exact) mass is 335 g/mol. The molecule has 1 aromatic heterocycles. The van der Waals surface area contributed by atoms with Crippen molar-refractivity contribution in [3.05, 3.63) is 24.2 Å². The average molecular weight is 335 g/mol. The Hall–Kier alpha value is -1.82. The predicted octanol–water partition coefficient (Wildman–Crippen LogP) is 1.98. The number of hydrogen-bond donors (Lipinski definition) is 1. The third-order valence-electron chi connectivity index (χ3n) is 4.73. The highest BCUT2D eigenvalue weighted by molar-refractivity contribution is 5.91. The Balaban J connectivity index is 1.66. The molecule has 1 saturated heterocycles. The lowest BCUT2D eigenvalue weighted by molar-refractivity contribution is -0.126. The van der Waals surface area contributed by atoms with Gasteiger partial charge in [-0.25, -0.2) is 0 Å². The molecule has 2 amide bonds. The van der Waals surface area contributed by atoms with Crippen LogP contribution in [0.25, 0.3) is 0 Å². The zero-order chi connectivity index (χ0) is 17.4. The molecule has 6 nitrogen and oxygen atoms in total. The van der Waals surface area contributed by atoms with Crippen LogP contribution < -0.4 is 5.32 Å². The molecule has 0 aliphatic carbocycles. The highest BCUT2D eigenvalue weighted by atomic mass is 16.3. The Kier molecular flexibility index (Phi) is 7.31. The zero-order valence-electron chi connectivity index (χ0n) is 14.8. The van der Waals surface area contributed by atoms with Gasteiger partial charge in [0.05, 0.1) is 6.26 Å². The Bertz CT molecular complexity index is 504. The summed E-state index contributed by atoms with van der Waals surface area (Å²) in [6.07, 6.45) is 3.91. The van der Waals surface area contributed by atoms with Crippen molar-refractivity contribution in [3.8, 4) is 0 Å². The molecule has 1 fully saturated rings. The summed E-state index contributed by atoms with van der Waals surface area (Å²) < 4.78 is 5.15. The van der Waals surface area contributed by atoms with Gasteiger partial charge in [-0.15, -0.1) is 0 Å². The van der Waals surface area contributed by atoms with E-state index in [0.717, 1.165) is 32.6 Å². The predicted molar refractivity (Wildman–Crippen MR) is 92.8 cm³/mol. The summed E-state index contributed by atoms with van der Waals surface area (Å²) in [6.45, 7) is 9.36. The molecule has 0 saturated carbocycles. The molecular formula is C18H29N3O3. The van der Waals surface area contributed by atoms with E-state index in [9.17, 15) is 9.59 Å². The zero-order valence-corrected chi connectivity index (χ0v) is 14.8. The molecule has 1 aliphatic rings. The number of rotatable bonds is 8. The van der Waals surface area contributed by atoms with Gasteiger partial charge in [0.2, 0.25) is 5.91 Å². The first-order valence-electron chi connectivity index (χ1n) is 8.98.